The Labute approximate surface area is 139 Å². The van der Waals surface area contributed by atoms with Crippen LogP contribution in [0.2, 0.25) is 0 Å². The van der Waals surface area contributed by atoms with Gasteiger partial charge in [-0.2, -0.15) is 0 Å². The lowest BCUT2D eigenvalue weighted by molar-refractivity contribution is -0.385. The summed E-state index contributed by atoms with van der Waals surface area (Å²) in [7, 11) is 3.67. The fourth-order valence-corrected chi connectivity index (χ4v) is 2.85. The lowest BCUT2D eigenvalue weighted by Crippen LogP contribution is -2.34. The topological polar surface area (TPSA) is 94.3 Å². The molecule has 130 valence electrons. The standard InChI is InChI=1S/C16H20N2O6/c1-17(2)6-5-10-7-11(3-4-12(10)18(20)21)24-14-9-23-15-13(19)8-22-16(14)15/h3-7,13-16,19H,8-9H2,1-2H3/t13-,14-,15-,16-/m1/s1. The molecule has 2 aliphatic heterocycles. The smallest absolute Gasteiger partial charge is 0.276 e. The quantitative estimate of drug-likeness (QED) is 0.634. The Bertz CT molecular complexity index is 647. The molecule has 1 aromatic rings. The second-order valence-corrected chi connectivity index (χ2v) is 6.08. The molecule has 0 amide bonds. The maximum atomic E-state index is 11.2. The summed E-state index contributed by atoms with van der Waals surface area (Å²) < 4.78 is 16.9. The number of nitrogens with zero attached hydrogens (tertiary/aromatic N) is 2. The van der Waals surface area contributed by atoms with Gasteiger partial charge in [-0.15, -0.1) is 0 Å². The van der Waals surface area contributed by atoms with Crippen LogP contribution in [0.4, 0.5) is 5.69 Å². The molecule has 0 aromatic heterocycles. The van der Waals surface area contributed by atoms with Crippen molar-refractivity contribution in [2.75, 3.05) is 27.3 Å². The first-order valence-electron chi connectivity index (χ1n) is 7.66. The molecule has 1 aromatic carbocycles. The first-order chi connectivity index (χ1) is 11.5. The van der Waals surface area contributed by atoms with Gasteiger partial charge in [0.05, 0.1) is 23.7 Å². The average Bonchev–Trinajstić information content (AvgIpc) is 3.09. The van der Waals surface area contributed by atoms with E-state index in [1.54, 1.807) is 29.3 Å². The molecule has 0 aliphatic carbocycles. The Morgan fingerprint density at radius 1 is 1.33 bits per heavy atom. The van der Waals surface area contributed by atoms with Crippen LogP contribution in [0.25, 0.3) is 6.08 Å². The van der Waals surface area contributed by atoms with Crippen LogP contribution in [0.5, 0.6) is 5.75 Å². The number of aliphatic hydroxyl groups is 1. The van der Waals surface area contributed by atoms with Crippen LogP contribution in [0.3, 0.4) is 0 Å². The van der Waals surface area contributed by atoms with Crippen molar-refractivity contribution in [1.82, 2.24) is 4.90 Å². The Hall–Kier alpha value is -2.16. The summed E-state index contributed by atoms with van der Waals surface area (Å²) in [6, 6.07) is 4.60. The third-order valence-corrected chi connectivity index (χ3v) is 4.02. The highest BCUT2D eigenvalue weighted by Crippen LogP contribution is 2.32. The monoisotopic (exact) mass is 336 g/mol. The zero-order valence-electron chi connectivity index (χ0n) is 13.5. The second kappa shape index (κ2) is 6.76. The summed E-state index contributed by atoms with van der Waals surface area (Å²) in [4.78, 5) is 12.5. The average molecular weight is 336 g/mol. The van der Waals surface area contributed by atoms with Crippen molar-refractivity contribution in [2.24, 2.45) is 0 Å². The molecule has 4 atom stereocenters. The molecule has 2 saturated heterocycles. The van der Waals surface area contributed by atoms with Gasteiger partial charge in [0.15, 0.2) is 6.10 Å². The highest BCUT2D eigenvalue weighted by atomic mass is 16.6. The third kappa shape index (κ3) is 3.35. The molecule has 8 nitrogen and oxygen atoms in total. The molecule has 1 N–H and O–H groups in total. The summed E-state index contributed by atoms with van der Waals surface area (Å²) >= 11 is 0. The molecule has 8 heteroatoms. The molecule has 3 rings (SSSR count). The van der Waals surface area contributed by atoms with Gasteiger partial charge in [0.1, 0.15) is 24.1 Å². The van der Waals surface area contributed by atoms with Crippen LogP contribution >= 0.6 is 0 Å². The van der Waals surface area contributed by atoms with Crippen LogP contribution in [0.15, 0.2) is 24.4 Å². The van der Waals surface area contributed by atoms with Gasteiger partial charge in [0, 0.05) is 20.2 Å². The number of ether oxygens (including phenoxy) is 3. The van der Waals surface area contributed by atoms with Crippen LogP contribution in [0.1, 0.15) is 5.56 Å². The van der Waals surface area contributed by atoms with Gasteiger partial charge >= 0.3 is 0 Å². The summed E-state index contributed by atoms with van der Waals surface area (Å²) in [5, 5.41) is 20.9. The second-order valence-electron chi connectivity index (χ2n) is 6.08. The van der Waals surface area contributed by atoms with E-state index in [9.17, 15) is 15.2 Å². The number of nitro groups is 1. The van der Waals surface area contributed by atoms with Gasteiger partial charge in [-0.05, 0) is 24.4 Å². The van der Waals surface area contributed by atoms with E-state index in [1.807, 2.05) is 14.1 Å². The number of hydrogen-bond donors (Lipinski definition) is 1. The number of nitro benzene ring substituents is 1. The molecule has 2 fully saturated rings. The van der Waals surface area contributed by atoms with Gasteiger partial charge < -0.3 is 24.2 Å². The van der Waals surface area contributed by atoms with Crippen molar-refractivity contribution in [3.63, 3.8) is 0 Å². The third-order valence-electron chi connectivity index (χ3n) is 4.02. The van der Waals surface area contributed by atoms with Gasteiger partial charge in [-0.1, -0.05) is 0 Å². The lowest BCUT2D eigenvalue weighted by atomic mass is 10.1. The van der Waals surface area contributed by atoms with E-state index in [2.05, 4.69) is 0 Å². The lowest BCUT2D eigenvalue weighted by Gasteiger charge is -2.18. The van der Waals surface area contributed by atoms with E-state index < -0.39 is 11.0 Å². The Balaban J connectivity index is 1.79. The van der Waals surface area contributed by atoms with E-state index in [1.165, 1.54) is 6.07 Å². The van der Waals surface area contributed by atoms with Gasteiger partial charge in [0.25, 0.3) is 5.69 Å². The van der Waals surface area contributed by atoms with E-state index >= 15 is 0 Å². The normalized spacial score (nSPS) is 29.0. The fourth-order valence-electron chi connectivity index (χ4n) is 2.85. The summed E-state index contributed by atoms with van der Waals surface area (Å²) in [6.45, 7) is 0.540. The van der Waals surface area contributed by atoms with E-state index in [0.717, 1.165) is 0 Å². The van der Waals surface area contributed by atoms with Gasteiger partial charge in [0.2, 0.25) is 0 Å². The van der Waals surface area contributed by atoms with Crippen molar-refractivity contribution in [1.29, 1.82) is 0 Å². The molecule has 0 radical (unpaired) electrons. The molecule has 0 saturated carbocycles. The molecule has 0 unspecified atom stereocenters. The van der Waals surface area contributed by atoms with E-state index in [0.29, 0.717) is 17.9 Å². The zero-order chi connectivity index (χ0) is 17.3. The predicted octanol–water partition coefficient (Wildman–Crippen LogP) is 1.03. The molecular weight excluding hydrogens is 316 g/mol. The molecule has 2 aliphatic rings. The zero-order valence-corrected chi connectivity index (χ0v) is 13.5. The van der Waals surface area contributed by atoms with E-state index in [-0.39, 0.29) is 30.6 Å². The molecule has 0 spiro atoms. The number of hydrogen-bond acceptors (Lipinski definition) is 7. The Kier molecular flexibility index (Phi) is 4.70. The van der Waals surface area contributed by atoms with Crippen molar-refractivity contribution in [3.8, 4) is 5.75 Å². The minimum absolute atomic E-state index is 0.00790. The Morgan fingerprint density at radius 3 is 2.79 bits per heavy atom. The first kappa shape index (κ1) is 16.7. The molecule has 0 bridgehead atoms. The minimum Gasteiger partial charge on any atom is -0.485 e. The highest BCUT2D eigenvalue weighted by Gasteiger charge is 2.48. The highest BCUT2D eigenvalue weighted by molar-refractivity contribution is 5.62. The first-order valence-corrected chi connectivity index (χ1v) is 7.66. The van der Waals surface area contributed by atoms with Gasteiger partial charge in [-0.3, -0.25) is 10.1 Å². The summed E-state index contributed by atoms with van der Waals surface area (Å²) in [5.74, 6) is 0.498. The summed E-state index contributed by atoms with van der Waals surface area (Å²) in [5.41, 5.74) is 0.461. The molecule has 24 heavy (non-hydrogen) atoms. The van der Waals surface area contributed by atoms with E-state index in [4.69, 9.17) is 14.2 Å². The number of benzene rings is 1. The predicted molar refractivity (Wildman–Crippen MR) is 85.7 cm³/mol. The van der Waals surface area contributed by atoms with Crippen molar-refractivity contribution in [2.45, 2.75) is 24.4 Å². The van der Waals surface area contributed by atoms with Crippen molar-refractivity contribution < 1.29 is 24.2 Å². The maximum absolute atomic E-state index is 11.2. The van der Waals surface area contributed by atoms with Crippen LogP contribution < -0.4 is 4.74 Å². The van der Waals surface area contributed by atoms with Crippen molar-refractivity contribution >= 4 is 11.8 Å². The van der Waals surface area contributed by atoms with Gasteiger partial charge in [-0.25, -0.2) is 0 Å². The van der Waals surface area contributed by atoms with Crippen molar-refractivity contribution in [3.05, 3.63) is 40.1 Å². The van der Waals surface area contributed by atoms with Crippen LogP contribution in [-0.4, -0.2) is 66.7 Å². The minimum atomic E-state index is -0.640. The molecular formula is C16H20N2O6. The number of fused-ring (bicyclic) bond motifs is 1. The largest absolute Gasteiger partial charge is 0.485 e. The molecule has 2 heterocycles. The Morgan fingerprint density at radius 2 is 2.08 bits per heavy atom. The number of rotatable bonds is 5. The van der Waals surface area contributed by atoms with Crippen LogP contribution in [0, 0.1) is 10.1 Å². The maximum Gasteiger partial charge on any atom is 0.276 e. The SMILES string of the molecule is CN(C)C=Cc1cc(O[C@@H]2CO[C@H]3[C@@H]2OC[C@H]3O)ccc1[N+](=O)[O-]. The van der Waals surface area contributed by atoms with Crippen LogP contribution in [-0.2, 0) is 9.47 Å². The number of aliphatic hydroxyl groups excluding tert-OH is 1. The fraction of sp³-hybridized carbons (Fsp3) is 0.500. The summed E-state index contributed by atoms with van der Waals surface area (Å²) in [6.07, 6.45) is 1.71.